The van der Waals surface area contributed by atoms with Gasteiger partial charge < -0.3 is 20.1 Å². The Morgan fingerprint density at radius 3 is 2.56 bits per heavy atom. The van der Waals surface area contributed by atoms with E-state index in [0.717, 1.165) is 16.3 Å². The third-order valence-electron chi connectivity index (χ3n) is 6.53. The number of nitrogens with zero attached hydrogens (tertiary/aromatic N) is 3. The Morgan fingerprint density at radius 2 is 1.92 bits per heavy atom. The number of benzene rings is 3. The Hall–Kier alpha value is -4.25. The molecule has 0 radical (unpaired) electrons. The van der Waals surface area contributed by atoms with Gasteiger partial charge in [0.05, 0.1) is 42.7 Å². The maximum Gasteiger partial charge on any atom is 0.408 e. The Balaban J connectivity index is 1.93. The Bertz CT molecular complexity index is 1370. The van der Waals surface area contributed by atoms with E-state index in [4.69, 9.17) is 4.74 Å². The van der Waals surface area contributed by atoms with Crippen LogP contribution < -0.4 is 15.0 Å². The normalized spacial score (nSPS) is 17.6. The van der Waals surface area contributed by atoms with Gasteiger partial charge in [0.2, 0.25) is 0 Å². The van der Waals surface area contributed by atoms with Gasteiger partial charge in [-0.15, -0.1) is 0 Å². The second kappa shape index (κ2) is 9.42. The zero-order valence-electron chi connectivity index (χ0n) is 21.1. The van der Waals surface area contributed by atoms with E-state index in [2.05, 4.69) is 11.4 Å². The molecule has 3 aromatic rings. The number of ether oxygens (including phenoxy) is 1. The lowest BCUT2D eigenvalue weighted by Crippen LogP contribution is -2.61. The van der Waals surface area contributed by atoms with E-state index < -0.39 is 23.7 Å². The molecule has 0 saturated heterocycles. The number of carboxylic acid groups (broad SMARTS) is 1. The maximum absolute atomic E-state index is 14.3. The number of nitrogens with one attached hydrogen (secondary N) is 1. The van der Waals surface area contributed by atoms with Gasteiger partial charge >= 0.3 is 6.09 Å². The maximum atomic E-state index is 14.3. The molecule has 1 heterocycles. The van der Waals surface area contributed by atoms with Crippen molar-refractivity contribution >= 4 is 34.1 Å². The number of nitriles is 1. The van der Waals surface area contributed by atoms with Crippen molar-refractivity contribution in [1.29, 1.82) is 5.26 Å². The first-order valence-electron chi connectivity index (χ1n) is 11.8. The van der Waals surface area contributed by atoms with Crippen molar-refractivity contribution < 1.29 is 19.4 Å². The summed E-state index contributed by atoms with van der Waals surface area (Å²) in [5.41, 5.74) is 1.58. The molecule has 2 atom stereocenters. The Labute approximate surface area is 210 Å². The van der Waals surface area contributed by atoms with Crippen molar-refractivity contribution in [2.45, 2.75) is 51.9 Å². The molecule has 186 valence electrons. The van der Waals surface area contributed by atoms with Crippen LogP contribution in [0.3, 0.4) is 0 Å². The van der Waals surface area contributed by atoms with Gasteiger partial charge in [-0.1, -0.05) is 30.3 Å². The van der Waals surface area contributed by atoms with Gasteiger partial charge in [0.25, 0.3) is 5.91 Å². The van der Waals surface area contributed by atoms with Crippen molar-refractivity contribution in [2.24, 2.45) is 0 Å². The molecule has 1 aliphatic rings. The minimum atomic E-state index is -1.18. The standard InChI is InChI=1S/C28H30N4O4/c1-17-25(32(27(34)35)28(2,3)4)26(33)31(23-12-10-18(15-29)14-22(23)30-17)16-21-20-9-7-6-8-19(20)11-13-24(21)36-5/h6-14,17,25,30H,16H2,1-5H3,(H,34,35)/t17-,25-/m0/s1. The van der Waals surface area contributed by atoms with E-state index in [0.29, 0.717) is 22.7 Å². The molecule has 1 aliphatic heterocycles. The molecule has 8 heteroatoms. The lowest BCUT2D eigenvalue weighted by Gasteiger charge is -2.41. The third-order valence-corrected chi connectivity index (χ3v) is 6.53. The minimum absolute atomic E-state index is 0.158. The number of hydrogen-bond acceptors (Lipinski definition) is 5. The highest BCUT2D eigenvalue weighted by molar-refractivity contribution is 6.04. The van der Waals surface area contributed by atoms with E-state index >= 15 is 0 Å². The quantitative estimate of drug-likeness (QED) is 0.524. The van der Waals surface area contributed by atoms with Gasteiger partial charge in [-0.3, -0.25) is 9.69 Å². The highest BCUT2D eigenvalue weighted by atomic mass is 16.5. The number of amides is 2. The van der Waals surface area contributed by atoms with Crippen molar-refractivity contribution in [1.82, 2.24) is 4.90 Å². The fourth-order valence-electron chi connectivity index (χ4n) is 4.92. The molecule has 0 fully saturated rings. The van der Waals surface area contributed by atoms with Crippen LogP contribution in [0.15, 0.2) is 54.6 Å². The Kier molecular flexibility index (Phi) is 6.51. The summed E-state index contributed by atoms with van der Waals surface area (Å²) in [6.45, 7) is 7.25. The predicted molar refractivity (Wildman–Crippen MR) is 139 cm³/mol. The second-order valence-electron chi connectivity index (χ2n) is 9.94. The van der Waals surface area contributed by atoms with E-state index in [9.17, 15) is 20.0 Å². The van der Waals surface area contributed by atoms with Crippen molar-refractivity contribution in [3.8, 4) is 11.8 Å². The van der Waals surface area contributed by atoms with Crippen LogP contribution in [0.2, 0.25) is 0 Å². The third kappa shape index (κ3) is 4.40. The van der Waals surface area contributed by atoms with Gasteiger partial charge in [-0.05, 0) is 62.7 Å². The molecule has 0 unspecified atom stereocenters. The molecule has 0 bridgehead atoms. The summed E-state index contributed by atoms with van der Waals surface area (Å²) in [5, 5.41) is 24.9. The number of anilines is 2. The second-order valence-corrected chi connectivity index (χ2v) is 9.94. The van der Waals surface area contributed by atoms with Crippen LogP contribution in [0.25, 0.3) is 10.8 Å². The molecule has 8 nitrogen and oxygen atoms in total. The van der Waals surface area contributed by atoms with Crippen LogP contribution in [-0.4, -0.2) is 46.7 Å². The van der Waals surface area contributed by atoms with Gasteiger partial charge in [0.15, 0.2) is 0 Å². The average molecular weight is 487 g/mol. The number of carbonyl (C=O) groups is 2. The first-order chi connectivity index (χ1) is 17.1. The number of carbonyl (C=O) groups excluding carboxylic acids is 1. The van der Waals surface area contributed by atoms with E-state index in [1.54, 1.807) is 57.9 Å². The molecular formula is C28H30N4O4. The summed E-state index contributed by atoms with van der Waals surface area (Å²) < 4.78 is 5.67. The zero-order chi connectivity index (χ0) is 26.2. The van der Waals surface area contributed by atoms with E-state index in [-0.39, 0.29) is 12.5 Å². The van der Waals surface area contributed by atoms with Gasteiger partial charge in [-0.25, -0.2) is 4.79 Å². The summed E-state index contributed by atoms with van der Waals surface area (Å²) in [7, 11) is 1.59. The molecule has 36 heavy (non-hydrogen) atoms. The fraction of sp³-hybridized carbons (Fsp3) is 0.321. The molecular weight excluding hydrogens is 456 g/mol. The first kappa shape index (κ1) is 24.9. The molecule has 3 aromatic carbocycles. The lowest BCUT2D eigenvalue weighted by atomic mass is 9.98. The Morgan fingerprint density at radius 1 is 1.19 bits per heavy atom. The topological polar surface area (TPSA) is 106 Å². The van der Waals surface area contributed by atoms with Gasteiger partial charge in [-0.2, -0.15) is 5.26 Å². The number of hydrogen-bond donors (Lipinski definition) is 2. The molecule has 0 aromatic heterocycles. The van der Waals surface area contributed by atoms with Gasteiger partial charge in [0.1, 0.15) is 11.8 Å². The van der Waals surface area contributed by atoms with Crippen LogP contribution in [0, 0.1) is 11.3 Å². The molecule has 0 spiro atoms. The zero-order valence-corrected chi connectivity index (χ0v) is 21.1. The highest BCUT2D eigenvalue weighted by Crippen LogP contribution is 2.38. The summed E-state index contributed by atoms with van der Waals surface area (Å²) in [6, 6.07) is 17.3. The SMILES string of the molecule is COc1ccc2ccccc2c1CN1C(=O)[C@@H](N(C(=O)O)C(C)(C)C)[C@H](C)Nc2cc(C#N)ccc21. The first-order valence-corrected chi connectivity index (χ1v) is 11.8. The number of methoxy groups -OCH3 is 1. The van der Waals surface area contributed by atoms with Crippen molar-refractivity contribution in [3.63, 3.8) is 0 Å². The van der Waals surface area contributed by atoms with Crippen LogP contribution in [0.4, 0.5) is 16.2 Å². The molecule has 0 saturated carbocycles. The number of rotatable bonds is 4. The van der Waals surface area contributed by atoms with Gasteiger partial charge in [0, 0.05) is 11.1 Å². The average Bonchev–Trinajstić information content (AvgIpc) is 2.92. The smallest absolute Gasteiger partial charge is 0.408 e. The lowest BCUT2D eigenvalue weighted by molar-refractivity contribution is -0.125. The van der Waals surface area contributed by atoms with Crippen LogP contribution in [-0.2, 0) is 11.3 Å². The number of fused-ring (bicyclic) bond motifs is 2. The molecule has 2 amide bonds. The highest BCUT2D eigenvalue weighted by Gasteiger charge is 2.45. The minimum Gasteiger partial charge on any atom is -0.496 e. The van der Waals surface area contributed by atoms with Crippen LogP contribution >= 0.6 is 0 Å². The van der Waals surface area contributed by atoms with E-state index in [1.807, 2.05) is 36.4 Å². The molecule has 4 rings (SSSR count). The summed E-state index contributed by atoms with van der Waals surface area (Å²) in [4.78, 5) is 29.5. The van der Waals surface area contributed by atoms with Crippen LogP contribution in [0.5, 0.6) is 5.75 Å². The monoisotopic (exact) mass is 486 g/mol. The summed E-state index contributed by atoms with van der Waals surface area (Å²) in [5.74, 6) is 0.273. The summed E-state index contributed by atoms with van der Waals surface area (Å²) in [6.07, 6.45) is -1.18. The van der Waals surface area contributed by atoms with Crippen molar-refractivity contribution in [3.05, 3.63) is 65.7 Å². The van der Waals surface area contributed by atoms with Crippen molar-refractivity contribution in [2.75, 3.05) is 17.3 Å². The molecule has 2 N–H and O–H groups in total. The fourth-order valence-corrected chi connectivity index (χ4v) is 4.92. The summed E-state index contributed by atoms with van der Waals surface area (Å²) >= 11 is 0. The largest absolute Gasteiger partial charge is 0.496 e. The predicted octanol–water partition coefficient (Wildman–Crippen LogP) is 5.21. The van der Waals surface area contributed by atoms with Crippen LogP contribution in [0.1, 0.15) is 38.8 Å². The molecule has 0 aliphatic carbocycles. The van der Waals surface area contributed by atoms with E-state index in [1.165, 1.54) is 4.90 Å².